The number of hydrogen-bond acceptors (Lipinski definition) is 5. The Labute approximate surface area is 172 Å². The van der Waals surface area contributed by atoms with E-state index in [9.17, 15) is 14.4 Å². The van der Waals surface area contributed by atoms with E-state index in [4.69, 9.17) is 49.4 Å². The van der Waals surface area contributed by atoms with E-state index in [1.54, 1.807) is 0 Å². The zero-order valence-electron chi connectivity index (χ0n) is 15.0. The van der Waals surface area contributed by atoms with Gasteiger partial charge in [0.1, 0.15) is 5.56 Å². The zero-order valence-corrected chi connectivity index (χ0v) is 17.3. The van der Waals surface area contributed by atoms with Crippen LogP contribution in [0.1, 0.15) is 56.3 Å². The van der Waals surface area contributed by atoms with Crippen LogP contribution in [0, 0.1) is 5.92 Å². The molecule has 150 valence electrons. The van der Waals surface area contributed by atoms with Crippen LogP contribution < -0.4 is 4.74 Å². The largest absolute Gasteiger partial charge is 0.473 e. The smallest absolute Gasteiger partial charge is 0.422 e. The number of rotatable bonds is 9. The van der Waals surface area contributed by atoms with Gasteiger partial charge < -0.3 is 14.6 Å². The summed E-state index contributed by atoms with van der Waals surface area (Å²) in [4.78, 5) is 34.6. The Morgan fingerprint density at radius 1 is 1.11 bits per heavy atom. The van der Waals surface area contributed by atoms with Crippen molar-refractivity contribution >= 4 is 52.7 Å². The third-order valence-electron chi connectivity index (χ3n) is 3.94. The Kier molecular flexibility index (Phi) is 9.91. The maximum Gasteiger partial charge on any atom is 0.422 e. The molecule has 1 aromatic carbocycles. The molecule has 0 fully saturated rings. The van der Waals surface area contributed by atoms with Gasteiger partial charge in [0.2, 0.25) is 0 Å². The molecule has 0 aliphatic heterocycles. The van der Waals surface area contributed by atoms with Gasteiger partial charge in [0.15, 0.2) is 5.75 Å². The van der Waals surface area contributed by atoms with Gasteiger partial charge in [0, 0.05) is 0 Å². The molecule has 6 nitrogen and oxygen atoms in total. The average molecular weight is 440 g/mol. The number of benzene rings is 1. The molecule has 1 unspecified atom stereocenters. The van der Waals surface area contributed by atoms with Crippen LogP contribution in [0.15, 0.2) is 6.07 Å². The van der Waals surface area contributed by atoms with Gasteiger partial charge in [-0.1, -0.05) is 74.3 Å². The molecule has 0 saturated carbocycles. The Bertz CT molecular complexity index is 705. The number of esters is 2. The highest BCUT2D eigenvalue weighted by Gasteiger charge is 2.28. The lowest BCUT2D eigenvalue weighted by molar-refractivity contribution is -0.158. The lowest BCUT2D eigenvalue weighted by Crippen LogP contribution is -2.22. The van der Waals surface area contributed by atoms with Crippen molar-refractivity contribution < 1.29 is 29.0 Å². The molecular formula is C18H21Cl3O6. The molecule has 9 heteroatoms. The number of carbonyl (C=O) groups excluding carboxylic acids is 2. The first kappa shape index (κ1) is 23.5. The van der Waals surface area contributed by atoms with Crippen LogP contribution in [0.3, 0.4) is 0 Å². The molecule has 1 rings (SSSR count). The molecule has 0 aromatic heterocycles. The second-order valence-electron chi connectivity index (χ2n) is 5.92. The summed E-state index contributed by atoms with van der Waals surface area (Å²) < 4.78 is 10.00. The second-order valence-corrected chi connectivity index (χ2v) is 7.11. The maximum atomic E-state index is 12.5. The summed E-state index contributed by atoms with van der Waals surface area (Å²) in [7, 11) is 0. The molecule has 0 aliphatic carbocycles. The summed E-state index contributed by atoms with van der Waals surface area (Å²) in [6.45, 7) is 4.24. The fourth-order valence-electron chi connectivity index (χ4n) is 2.35. The molecule has 1 aromatic rings. The first-order valence-corrected chi connectivity index (χ1v) is 9.65. The standard InChI is InChI=1S/C18H21Cl3O6/c1-3-5-6-7-10(4-2)9-26-17(24)13-14(21)11(19)8-12(20)15(13)27-18(25)16(22)23/h8,10H,3-7,9H2,1-2H3,(H,22,23). The summed E-state index contributed by atoms with van der Waals surface area (Å²) in [5.41, 5.74) is -0.382. The highest BCUT2D eigenvalue weighted by molar-refractivity contribution is 6.46. The Balaban J connectivity index is 3.03. The highest BCUT2D eigenvalue weighted by atomic mass is 35.5. The zero-order chi connectivity index (χ0) is 20.6. The summed E-state index contributed by atoms with van der Waals surface area (Å²) in [5.74, 6) is -4.69. The number of halogens is 3. The monoisotopic (exact) mass is 438 g/mol. The first-order valence-electron chi connectivity index (χ1n) is 8.52. The van der Waals surface area contributed by atoms with Gasteiger partial charge in [-0.3, -0.25) is 0 Å². The molecule has 0 spiro atoms. The minimum absolute atomic E-state index is 0.0567. The lowest BCUT2D eigenvalue weighted by Gasteiger charge is -2.17. The van der Waals surface area contributed by atoms with E-state index in [2.05, 4.69) is 6.92 Å². The number of carboxylic acids is 1. The van der Waals surface area contributed by atoms with Gasteiger partial charge in [0.05, 0.1) is 21.7 Å². The predicted octanol–water partition coefficient (Wildman–Crippen LogP) is 5.40. The van der Waals surface area contributed by atoms with Crippen molar-refractivity contribution in [1.29, 1.82) is 0 Å². The SMILES string of the molecule is CCCCCC(CC)COC(=O)c1c(Cl)c(Cl)cc(Cl)c1OC(=O)C(=O)O. The molecule has 0 heterocycles. The van der Waals surface area contributed by atoms with E-state index in [1.165, 1.54) is 0 Å². The Morgan fingerprint density at radius 2 is 1.78 bits per heavy atom. The van der Waals surface area contributed by atoms with E-state index in [-0.39, 0.29) is 33.2 Å². The van der Waals surface area contributed by atoms with Crippen molar-refractivity contribution in [3.8, 4) is 5.75 Å². The van der Waals surface area contributed by atoms with Crippen LogP contribution in [0.4, 0.5) is 0 Å². The van der Waals surface area contributed by atoms with E-state index >= 15 is 0 Å². The lowest BCUT2D eigenvalue weighted by atomic mass is 10.00. The number of unbranched alkanes of at least 4 members (excludes halogenated alkanes) is 2. The first-order chi connectivity index (χ1) is 12.7. The van der Waals surface area contributed by atoms with Crippen LogP contribution in [-0.4, -0.2) is 29.6 Å². The average Bonchev–Trinajstić information content (AvgIpc) is 2.62. The van der Waals surface area contributed by atoms with Crippen molar-refractivity contribution in [3.63, 3.8) is 0 Å². The topological polar surface area (TPSA) is 89.9 Å². The molecule has 0 saturated heterocycles. The number of aliphatic carboxylic acids is 1. The third-order valence-corrected chi connectivity index (χ3v) is 5.01. The number of ether oxygens (including phenoxy) is 2. The second kappa shape index (κ2) is 11.4. The van der Waals surface area contributed by atoms with E-state index < -0.39 is 23.7 Å². The Hall–Kier alpha value is -1.50. The molecule has 1 atom stereocenters. The van der Waals surface area contributed by atoms with E-state index in [0.717, 1.165) is 38.2 Å². The van der Waals surface area contributed by atoms with Gasteiger partial charge in [0.25, 0.3) is 0 Å². The Morgan fingerprint density at radius 3 is 2.33 bits per heavy atom. The van der Waals surface area contributed by atoms with E-state index in [1.807, 2.05) is 6.92 Å². The summed E-state index contributed by atoms with van der Waals surface area (Å²) in [6.07, 6.45) is 4.93. The van der Waals surface area contributed by atoms with Crippen molar-refractivity contribution in [1.82, 2.24) is 0 Å². The van der Waals surface area contributed by atoms with E-state index in [0.29, 0.717) is 0 Å². The number of hydrogen-bond donors (Lipinski definition) is 1. The summed E-state index contributed by atoms with van der Waals surface area (Å²) in [6, 6.07) is 1.15. The molecule has 27 heavy (non-hydrogen) atoms. The van der Waals surface area contributed by atoms with Crippen LogP contribution in [-0.2, 0) is 14.3 Å². The fourth-order valence-corrected chi connectivity index (χ4v) is 3.07. The number of carbonyl (C=O) groups is 3. The van der Waals surface area contributed by atoms with Crippen LogP contribution in [0.25, 0.3) is 0 Å². The van der Waals surface area contributed by atoms with Crippen molar-refractivity contribution in [2.24, 2.45) is 5.92 Å². The van der Waals surface area contributed by atoms with Crippen molar-refractivity contribution in [3.05, 3.63) is 26.7 Å². The summed E-state index contributed by atoms with van der Waals surface area (Å²) >= 11 is 17.9. The van der Waals surface area contributed by atoms with Gasteiger partial charge in [-0.2, -0.15) is 0 Å². The normalized spacial score (nSPS) is 11.7. The highest BCUT2D eigenvalue weighted by Crippen LogP contribution is 2.40. The molecule has 0 aliphatic rings. The van der Waals surface area contributed by atoms with Gasteiger partial charge >= 0.3 is 17.9 Å². The van der Waals surface area contributed by atoms with Crippen LogP contribution >= 0.6 is 34.8 Å². The molecule has 1 N–H and O–H groups in total. The minimum atomic E-state index is -1.85. The molecule has 0 amide bonds. The maximum absolute atomic E-state index is 12.5. The van der Waals surface area contributed by atoms with Crippen LogP contribution in [0.5, 0.6) is 5.75 Å². The minimum Gasteiger partial charge on any atom is -0.473 e. The molecule has 0 radical (unpaired) electrons. The number of carboxylic acid groups (broad SMARTS) is 1. The van der Waals surface area contributed by atoms with Gasteiger partial charge in [-0.25, -0.2) is 14.4 Å². The van der Waals surface area contributed by atoms with Gasteiger partial charge in [-0.15, -0.1) is 0 Å². The van der Waals surface area contributed by atoms with Gasteiger partial charge in [-0.05, 0) is 18.4 Å². The van der Waals surface area contributed by atoms with Crippen LogP contribution in [0.2, 0.25) is 15.1 Å². The summed E-state index contributed by atoms with van der Waals surface area (Å²) in [5, 5.41) is 8.18. The van der Waals surface area contributed by atoms with Crippen molar-refractivity contribution in [2.45, 2.75) is 46.0 Å². The molecule has 0 bridgehead atoms. The quantitative estimate of drug-likeness (QED) is 0.182. The third kappa shape index (κ3) is 6.87. The molecular weight excluding hydrogens is 419 g/mol. The predicted molar refractivity (Wildman–Crippen MR) is 103 cm³/mol. The fraction of sp³-hybridized carbons (Fsp3) is 0.500. The van der Waals surface area contributed by atoms with Crippen molar-refractivity contribution in [2.75, 3.05) is 6.61 Å².